The Morgan fingerprint density at radius 2 is 1.90 bits per heavy atom. The highest BCUT2D eigenvalue weighted by molar-refractivity contribution is 6.31. The maximum absolute atomic E-state index is 14.7. The van der Waals surface area contributed by atoms with Gasteiger partial charge in [0, 0.05) is 28.6 Å². The highest BCUT2D eigenvalue weighted by Gasteiger charge is 2.37. The van der Waals surface area contributed by atoms with E-state index in [1.165, 1.54) is 29.5 Å². The zero-order valence-corrected chi connectivity index (χ0v) is 17.0. The van der Waals surface area contributed by atoms with E-state index in [-0.39, 0.29) is 22.8 Å². The van der Waals surface area contributed by atoms with Crippen molar-refractivity contribution < 1.29 is 23.1 Å². The third-order valence-corrected chi connectivity index (χ3v) is 5.20. The maximum atomic E-state index is 14.7. The van der Waals surface area contributed by atoms with Gasteiger partial charge in [0.25, 0.3) is 0 Å². The summed E-state index contributed by atoms with van der Waals surface area (Å²) in [6.45, 7) is 0. The number of rotatable bonds is 5. The van der Waals surface area contributed by atoms with Crippen LogP contribution in [0.15, 0.2) is 64.3 Å². The fraction of sp³-hybridized carbons (Fsp3) is 0.182. The van der Waals surface area contributed by atoms with Crippen molar-refractivity contribution in [3.63, 3.8) is 0 Å². The van der Waals surface area contributed by atoms with Crippen molar-refractivity contribution in [2.75, 3.05) is 14.2 Å². The molecule has 4 rings (SSSR count). The Hall–Kier alpha value is -3.32. The molecule has 2 aromatic carbocycles. The van der Waals surface area contributed by atoms with Gasteiger partial charge < -0.3 is 13.9 Å². The zero-order chi connectivity index (χ0) is 21.3. The molecule has 0 unspecified atom stereocenters. The van der Waals surface area contributed by atoms with Crippen LogP contribution in [0.5, 0.6) is 11.5 Å². The van der Waals surface area contributed by atoms with Gasteiger partial charge >= 0.3 is 5.91 Å². The molecule has 2 heterocycles. The summed E-state index contributed by atoms with van der Waals surface area (Å²) in [6.07, 6.45) is 1.65. The Morgan fingerprint density at radius 1 is 1.17 bits per heavy atom. The second-order valence-electron chi connectivity index (χ2n) is 6.63. The molecule has 1 amide bonds. The van der Waals surface area contributed by atoms with Gasteiger partial charge in [0.15, 0.2) is 5.76 Å². The zero-order valence-electron chi connectivity index (χ0n) is 16.3. The highest BCUT2D eigenvalue weighted by Crippen LogP contribution is 2.39. The van der Waals surface area contributed by atoms with E-state index in [0.29, 0.717) is 22.8 Å². The summed E-state index contributed by atoms with van der Waals surface area (Å²) in [7, 11) is 3.09. The number of ether oxygens (including phenoxy) is 2. The quantitative estimate of drug-likeness (QED) is 0.568. The highest BCUT2D eigenvalue weighted by atomic mass is 35.5. The first-order valence-electron chi connectivity index (χ1n) is 9.13. The fourth-order valence-electron chi connectivity index (χ4n) is 3.41. The molecule has 1 aliphatic rings. The molecule has 3 aromatic rings. The largest absolute Gasteiger partial charge is 0.497 e. The molecule has 1 aromatic heterocycles. The average molecular weight is 429 g/mol. The molecular formula is C22H18ClFN2O4. The second kappa shape index (κ2) is 8.20. The molecular weight excluding hydrogens is 411 g/mol. The summed E-state index contributed by atoms with van der Waals surface area (Å²) in [5, 5.41) is 5.94. The number of hydrogen-bond acceptors (Lipinski definition) is 5. The molecule has 0 spiro atoms. The Balaban J connectivity index is 1.80. The van der Waals surface area contributed by atoms with Crippen LogP contribution in [0.4, 0.5) is 4.39 Å². The van der Waals surface area contributed by atoms with Crippen LogP contribution in [-0.2, 0) is 0 Å². The number of carbonyl (C=O) groups is 1. The lowest BCUT2D eigenvalue weighted by Gasteiger charge is -2.22. The Morgan fingerprint density at radius 3 is 2.50 bits per heavy atom. The van der Waals surface area contributed by atoms with Crippen LogP contribution in [0.1, 0.15) is 34.1 Å². The van der Waals surface area contributed by atoms with Crippen LogP contribution in [0.2, 0.25) is 5.02 Å². The third kappa shape index (κ3) is 3.64. The summed E-state index contributed by atoms with van der Waals surface area (Å²) in [5.41, 5.74) is 1.46. The summed E-state index contributed by atoms with van der Waals surface area (Å²) < 4.78 is 30.6. The van der Waals surface area contributed by atoms with Crippen LogP contribution < -0.4 is 9.47 Å². The Labute approximate surface area is 177 Å². The fourth-order valence-corrected chi connectivity index (χ4v) is 3.70. The van der Waals surface area contributed by atoms with E-state index in [4.69, 9.17) is 25.5 Å². The lowest BCUT2D eigenvalue weighted by atomic mass is 9.97. The van der Waals surface area contributed by atoms with Gasteiger partial charge in [-0.2, -0.15) is 5.10 Å². The minimum absolute atomic E-state index is 0.0979. The number of furan rings is 1. The van der Waals surface area contributed by atoms with Crippen molar-refractivity contribution in [3.8, 4) is 11.5 Å². The van der Waals surface area contributed by atoms with E-state index < -0.39 is 17.8 Å². The standard InChI is InChI=1S/C22H18ClFN2O4/c1-28-14-9-13(10-15(11-14)29-2)18-12-19(21-16(23)5-3-6-17(21)24)26(25-18)22(27)20-7-4-8-30-20/h3-11,19H,12H2,1-2H3/t19-/m0/s1. The number of hydrazone groups is 1. The predicted octanol–water partition coefficient (Wildman–Crippen LogP) is 5.08. The molecule has 30 heavy (non-hydrogen) atoms. The van der Waals surface area contributed by atoms with Gasteiger partial charge in [0.05, 0.1) is 32.2 Å². The normalized spacial score (nSPS) is 15.8. The SMILES string of the molecule is COc1cc(OC)cc(C2=NN(C(=O)c3ccco3)[C@H](c3c(F)cccc3Cl)C2)c1. The predicted molar refractivity (Wildman–Crippen MR) is 110 cm³/mol. The van der Waals surface area contributed by atoms with E-state index >= 15 is 0 Å². The van der Waals surface area contributed by atoms with Crippen molar-refractivity contribution >= 4 is 23.2 Å². The van der Waals surface area contributed by atoms with Crippen molar-refractivity contribution in [2.24, 2.45) is 5.10 Å². The molecule has 1 aliphatic heterocycles. The van der Waals surface area contributed by atoms with Crippen molar-refractivity contribution in [1.82, 2.24) is 5.01 Å². The topological polar surface area (TPSA) is 64.3 Å². The van der Waals surface area contributed by atoms with Gasteiger partial charge in [0.1, 0.15) is 17.3 Å². The third-order valence-electron chi connectivity index (χ3n) is 4.87. The van der Waals surface area contributed by atoms with E-state index in [9.17, 15) is 9.18 Å². The lowest BCUT2D eigenvalue weighted by molar-refractivity contribution is 0.0676. The molecule has 8 heteroatoms. The summed E-state index contributed by atoms with van der Waals surface area (Å²) in [6, 6.07) is 12.1. The van der Waals surface area contributed by atoms with Gasteiger partial charge in [0.2, 0.25) is 0 Å². The smallest absolute Gasteiger partial charge is 0.310 e. The van der Waals surface area contributed by atoms with Crippen LogP contribution in [0.3, 0.4) is 0 Å². The summed E-state index contributed by atoms with van der Waals surface area (Å²) >= 11 is 6.30. The number of nitrogens with zero attached hydrogens (tertiary/aromatic N) is 2. The van der Waals surface area contributed by atoms with Gasteiger partial charge in [-0.25, -0.2) is 9.40 Å². The first-order valence-corrected chi connectivity index (χ1v) is 9.51. The molecule has 154 valence electrons. The average Bonchev–Trinajstić information content (AvgIpc) is 3.43. The van der Waals surface area contributed by atoms with Crippen molar-refractivity contribution in [2.45, 2.75) is 12.5 Å². The Kier molecular flexibility index (Phi) is 5.46. The van der Waals surface area contributed by atoms with Crippen LogP contribution >= 0.6 is 11.6 Å². The lowest BCUT2D eigenvalue weighted by Crippen LogP contribution is -2.27. The van der Waals surface area contributed by atoms with E-state index in [2.05, 4.69) is 5.10 Å². The minimum atomic E-state index is -0.733. The number of benzene rings is 2. The van der Waals surface area contributed by atoms with Crippen molar-refractivity contribution in [3.05, 3.63) is 82.5 Å². The number of carbonyl (C=O) groups excluding carboxylic acids is 1. The van der Waals surface area contributed by atoms with Gasteiger partial charge in [-0.05, 0) is 36.4 Å². The van der Waals surface area contributed by atoms with Crippen LogP contribution in [0, 0.1) is 5.82 Å². The molecule has 0 N–H and O–H groups in total. The van der Waals surface area contributed by atoms with Gasteiger partial charge in [-0.3, -0.25) is 4.79 Å². The van der Waals surface area contributed by atoms with Crippen LogP contribution in [-0.4, -0.2) is 30.8 Å². The summed E-state index contributed by atoms with van der Waals surface area (Å²) in [4.78, 5) is 13.0. The Bertz CT molecular complexity index is 1070. The minimum Gasteiger partial charge on any atom is -0.497 e. The molecule has 6 nitrogen and oxygen atoms in total. The van der Waals surface area contributed by atoms with Crippen LogP contribution in [0.25, 0.3) is 0 Å². The summed E-state index contributed by atoms with van der Waals surface area (Å²) in [5.74, 6) is 0.242. The number of halogens is 2. The van der Waals surface area contributed by atoms with E-state index in [1.54, 1.807) is 44.6 Å². The first kappa shape index (κ1) is 20.0. The van der Waals surface area contributed by atoms with E-state index in [0.717, 1.165) is 0 Å². The van der Waals surface area contributed by atoms with E-state index in [1.807, 2.05) is 0 Å². The maximum Gasteiger partial charge on any atom is 0.310 e. The molecule has 0 fully saturated rings. The molecule has 0 saturated heterocycles. The monoisotopic (exact) mass is 428 g/mol. The van der Waals surface area contributed by atoms with Crippen molar-refractivity contribution in [1.29, 1.82) is 0 Å². The number of methoxy groups -OCH3 is 2. The van der Waals surface area contributed by atoms with Gasteiger partial charge in [-0.1, -0.05) is 17.7 Å². The first-order chi connectivity index (χ1) is 14.5. The molecule has 0 aliphatic carbocycles. The number of amides is 1. The van der Waals surface area contributed by atoms with Gasteiger partial charge in [-0.15, -0.1) is 0 Å². The second-order valence-corrected chi connectivity index (χ2v) is 7.04. The molecule has 0 saturated carbocycles. The number of hydrogen-bond donors (Lipinski definition) is 0. The molecule has 0 radical (unpaired) electrons. The molecule has 1 atom stereocenters. The molecule has 0 bridgehead atoms.